The zero-order valence-electron chi connectivity index (χ0n) is 16.7. The van der Waals surface area contributed by atoms with Crippen molar-refractivity contribution >= 4 is 12.0 Å². The summed E-state index contributed by atoms with van der Waals surface area (Å²) in [5, 5.41) is 5.61. The molecule has 0 radical (unpaired) electrons. The first kappa shape index (κ1) is 21.7. The SMILES string of the molecule is CC(C)C(NC(=O)OC(C)(C)C)C(=O)NCCCN1CCN(C)CC1. The maximum absolute atomic E-state index is 12.4. The molecule has 0 aromatic rings. The lowest BCUT2D eigenvalue weighted by Gasteiger charge is -2.32. The molecule has 7 nitrogen and oxygen atoms in total. The number of hydrogen-bond acceptors (Lipinski definition) is 5. The first-order valence-electron chi connectivity index (χ1n) is 9.26. The highest BCUT2D eigenvalue weighted by atomic mass is 16.6. The van der Waals surface area contributed by atoms with E-state index in [1.807, 2.05) is 13.8 Å². The lowest BCUT2D eigenvalue weighted by atomic mass is 10.0. The molecule has 1 rings (SSSR count). The quantitative estimate of drug-likeness (QED) is 0.673. The molecule has 1 fully saturated rings. The minimum atomic E-state index is -0.585. The molecule has 1 atom stereocenters. The van der Waals surface area contributed by atoms with Gasteiger partial charge >= 0.3 is 6.09 Å². The van der Waals surface area contributed by atoms with Crippen LogP contribution in [0.4, 0.5) is 4.79 Å². The van der Waals surface area contributed by atoms with Crippen LogP contribution >= 0.6 is 0 Å². The highest BCUT2D eigenvalue weighted by molar-refractivity contribution is 5.85. The number of alkyl carbamates (subject to hydrolysis) is 1. The van der Waals surface area contributed by atoms with Gasteiger partial charge in [0.15, 0.2) is 0 Å². The fourth-order valence-electron chi connectivity index (χ4n) is 2.67. The van der Waals surface area contributed by atoms with Gasteiger partial charge in [-0.25, -0.2) is 4.79 Å². The Bertz CT molecular complexity index is 427. The second kappa shape index (κ2) is 9.97. The molecule has 0 saturated carbocycles. The average Bonchev–Trinajstić information content (AvgIpc) is 2.48. The first-order chi connectivity index (χ1) is 11.6. The highest BCUT2D eigenvalue weighted by Crippen LogP contribution is 2.09. The summed E-state index contributed by atoms with van der Waals surface area (Å²) in [5.41, 5.74) is -0.579. The number of nitrogens with one attached hydrogen (secondary N) is 2. The molecule has 1 aliphatic heterocycles. The Morgan fingerprint density at radius 2 is 1.72 bits per heavy atom. The van der Waals surface area contributed by atoms with Gasteiger partial charge in [-0.15, -0.1) is 0 Å². The van der Waals surface area contributed by atoms with Gasteiger partial charge in [-0.1, -0.05) is 13.8 Å². The molecule has 0 bridgehead atoms. The molecule has 0 spiro atoms. The lowest BCUT2D eigenvalue weighted by molar-refractivity contribution is -0.124. The van der Waals surface area contributed by atoms with E-state index >= 15 is 0 Å². The molecule has 0 aromatic carbocycles. The van der Waals surface area contributed by atoms with Crippen molar-refractivity contribution in [2.45, 2.75) is 52.7 Å². The molecular formula is C18H36N4O3. The van der Waals surface area contributed by atoms with Crippen molar-refractivity contribution in [3.8, 4) is 0 Å². The molecule has 7 heteroatoms. The van der Waals surface area contributed by atoms with E-state index in [1.54, 1.807) is 20.8 Å². The highest BCUT2D eigenvalue weighted by Gasteiger charge is 2.26. The Morgan fingerprint density at radius 3 is 2.24 bits per heavy atom. The summed E-state index contributed by atoms with van der Waals surface area (Å²) < 4.78 is 5.24. The van der Waals surface area contributed by atoms with Crippen molar-refractivity contribution in [3.05, 3.63) is 0 Å². The van der Waals surface area contributed by atoms with Crippen molar-refractivity contribution in [3.63, 3.8) is 0 Å². The van der Waals surface area contributed by atoms with Gasteiger partial charge < -0.3 is 25.2 Å². The van der Waals surface area contributed by atoms with Crippen LogP contribution in [0, 0.1) is 5.92 Å². The van der Waals surface area contributed by atoms with Crippen LogP contribution in [0.15, 0.2) is 0 Å². The minimum absolute atomic E-state index is 0.00912. The summed E-state index contributed by atoms with van der Waals surface area (Å²) in [6, 6.07) is -0.585. The van der Waals surface area contributed by atoms with Crippen LogP contribution in [0.2, 0.25) is 0 Å². The smallest absolute Gasteiger partial charge is 0.408 e. The zero-order valence-corrected chi connectivity index (χ0v) is 16.7. The molecule has 0 aromatic heterocycles. The second-order valence-corrected chi connectivity index (χ2v) is 8.16. The van der Waals surface area contributed by atoms with E-state index in [2.05, 4.69) is 27.5 Å². The first-order valence-corrected chi connectivity index (χ1v) is 9.26. The number of carbonyl (C=O) groups excluding carboxylic acids is 2. The Morgan fingerprint density at radius 1 is 1.12 bits per heavy atom. The fraction of sp³-hybridized carbons (Fsp3) is 0.889. The predicted molar refractivity (Wildman–Crippen MR) is 99.6 cm³/mol. The summed E-state index contributed by atoms with van der Waals surface area (Å²) in [6.07, 6.45) is 0.353. The van der Waals surface area contributed by atoms with Gasteiger partial charge in [0.25, 0.3) is 0 Å². The van der Waals surface area contributed by atoms with Crippen LogP contribution in [-0.2, 0) is 9.53 Å². The largest absolute Gasteiger partial charge is 0.444 e. The van der Waals surface area contributed by atoms with Crippen LogP contribution in [-0.4, -0.2) is 79.8 Å². The van der Waals surface area contributed by atoms with E-state index in [0.29, 0.717) is 6.54 Å². The number of ether oxygens (including phenoxy) is 1. The van der Waals surface area contributed by atoms with Crippen LogP contribution in [0.5, 0.6) is 0 Å². The van der Waals surface area contributed by atoms with Gasteiger partial charge in [0.2, 0.25) is 5.91 Å². The molecule has 25 heavy (non-hydrogen) atoms. The Balaban J connectivity index is 2.32. The number of rotatable bonds is 7. The van der Waals surface area contributed by atoms with Gasteiger partial charge in [0, 0.05) is 32.7 Å². The maximum Gasteiger partial charge on any atom is 0.408 e. The fourth-order valence-corrected chi connectivity index (χ4v) is 2.67. The van der Waals surface area contributed by atoms with Crippen LogP contribution in [0.1, 0.15) is 41.0 Å². The number of carbonyl (C=O) groups is 2. The van der Waals surface area contributed by atoms with Crippen LogP contribution in [0.25, 0.3) is 0 Å². The van der Waals surface area contributed by atoms with Crippen molar-refractivity contribution in [1.82, 2.24) is 20.4 Å². The number of piperazine rings is 1. The third-order valence-electron chi connectivity index (χ3n) is 4.17. The Hall–Kier alpha value is -1.34. The molecule has 0 aliphatic carbocycles. The summed E-state index contributed by atoms with van der Waals surface area (Å²) in [7, 11) is 2.14. The molecule has 1 saturated heterocycles. The summed E-state index contributed by atoms with van der Waals surface area (Å²) in [5.74, 6) is -0.163. The van der Waals surface area contributed by atoms with E-state index in [0.717, 1.165) is 39.1 Å². The summed E-state index contributed by atoms with van der Waals surface area (Å²) in [6.45, 7) is 15.2. The average molecular weight is 357 g/mol. The van der Waals surface area contributed by atoms with Gasteiger partial charge in [-0.05, 0) is 46.7 Å². The monoisotopic (exact) mass is 356 g/mol. The topological polar surface area (TPSA) is 73.9 Å². The van der Waals surface area contributed by atoms with Crippen LogP contribution < -0.4 is 10.6 Å². The van der Waals surface area contributed by atoms with E-state index in [4.69, 9.17) is 4.74 Å². The van der Waals surface area contributed by atoms with Crippen molar-refractivity contribution < 1.29 is 14.3 Å². The van der Waals surface area contributed by atoms with Gasteiger partial charge in [-0.2, -0.15) is 0 Å². The molecule has 2 N–H and O–H groups in total. The molecule has 2 amide bonds. The van der Waals surface area contributed by atoms with Crippen LogP contribution in [0.3, 0.4) is 0 Å². The van der Waals surface area contributed by atoms with Crippen molar-refractivity contribution in [2.75, 3.05) is 46.3 Å². The van der Waals surface area contributed by atoms with E-state index in [9.17, 15) is 9.59 Å². The second-order valence-electron chi connectivity index (χ2n) is 8.16. The number of hydrogen-bond donors (Lipinski definition) is 2. The minimum Gasteiger partial charge on any atom is -0.444 e. The molecule has 1 aliphatic rings. The zero-order chi connectivity index (χ0) is 19.0. The number of nitrogens with zero attached hydrogens (tertiary/aromatic N) is 2. The molecule has 146 valence electrons. The van der Waals surface area contributed by atoms with Gasteiger partial charge in [0.1, 0.15) is 11.6 Å². The van der Waals surface area contributed by atoms with E-state index in [1.165, 1.54) is 0 Å². The predicted octanol–water partition coefficient (Wildman–Crippen LogP) is 1.29. The maximum atomic E-state index is 12.4. The summed E-state index contributed by atoms with van der Waals surface area (Å²) in [4.78, 5) is 29.0. The lowest BCUT2D eigenvalue weighted by Crippen LogP contribution is -2.51. The van der Waals surface area contributed by atoms with E-state index < -0.39 is 17.7 Å². The Labute approximate surface area is 152 Å². The number of likely N-dealkylation sites (N-methyl/N-ethyl adjacent to an activating group) is 1. The third-order valence-corrected chi connectivity index (χ3v) is 4.17. The molecule has 1 unspecified atom stereocenters. The number of amides is 2. The van der Waals surface area contributed by atoms with Gasteiger partial charge in [-0.3, -0.25) is 4.79 Å². The summed E-state index contributed by atoms with van der Waals surface area (Å²) >= 11 is 0. The van der Waals surface area contributed by atoms with Crippen molar-refractivity contribution in [1.29, 1.82) is 0 Å². The third kappa shape index (κ3) is 9.07. The van der Waals surface area contributed by atoms with Gasteiger partial charge in [0.05, 0.1) is 0 Å². The van der Waals surface area contributed by atoms with Crippen molar-refractivity contribution in [2.24, 2.45) is 5.92 Å². The molecular weight excluding hydrogens is 320 g/mol. The standard InChI is InChI=1S/C18H36N4O3/c1-14(2)15(20-17(24)25-18(3,4)5)16(23)19-8-7-9-22-12-10-21(6)11-13-22/h14-15H,7-13H2,1-6H3,(H,19,23)(H,20,24). The molecule has 1 heterocycles. The normalized spacial score (nSPS) is 18.0. The van der Waals surface area contributed by atoms with E-state index in [-0.39, 0.29) is 11.8 Å². The Kier molecular flexibility index (Phi) is 8.65.